The Morgan fingerprint density at radius 1 is 1.00 bits per heavy atom. The largest absolute Gasteiger partial charge is 0.497 e. The van der Waals surface area contributed by atoms with Crippen LogP contribution in [0.25, 0.3) is 21.7 Å². The molecule has 0 spiro atoms. The first kappa shape index (κ1) is 20.4. The lowest BCUT2D eigenvalue weighted by atomic mass is 10.1. The third kappa shape index (κ3) is 4.01. The highest BCUT2D eigenvalue weighted by atomic mass is 16.5. The number of rotatable bonds is 6. The molecule has 0 saturated carbocycles. The van der Waals surface area contributed by atoms with Crippen LogP contribution in [0, 0.1) is 0 Å². The lowest BCUT2D eigenvalue weighted by Crippen LogP contribution is -2.48. The predicted molar refractivity (Wildman–Crippen MR) is 130 cm³/mol. The van der Waals surface area contributed by atoms with Gasteiger partial charge in [-0.2, -0.15) is 0 Å². The number of piperazine rings is 1. The van der Waals surface area contributed by atoms with Crippen molar-refractivity contribution in [2.75, 3.05) is 51.3 Å². The number of carbonyl (C=O) groups excluding carboxylic acids is 1. The molecular weight excluding hydrogens is 400 g/mol. The van der Waals surface area contributed by atoms with Crippen LogP contribution in [0.5, 0.6) is 5.75 Å². The Morgan fingerprint density at radius 3 is 2.69 bits per heavy atom. The highest BCUT2D eigenvalue weighted by molar-refractivity contribution is 6.06. The summed E-state index contributed by atoms with van der Waals surface area (Å²) < 4.78 is 5.43. The number of nitrogens with zero attached hydrogens (tertiary/aromatic N) is 2. The van der Waals surface area contributed by atoms with Crippen molar-refractivity contribution in [3.8, 4) is 5.75 Å². The fourth-order valence-corrected chi connectivity index (χ4v) is 4.53. The second-order valence-corrected chi connectivity index (χ2v) is 8.20. The first-order chi connectivity index (χ1) is 15.7. The van der Waals surface area contributed by atoms with Crippen LogP contribution in [0.15, 0.2) is 66.9 Å². The van der Waals surface area contributed by atoms with Crippen molar-refractivity contribution in [1.82, 2.24) is 15.2 Å². The average Bonchev–Trinajstić information content (AvgIpc) is 3.28. The fourth-order valence-electron chi connectivity index (χ4n) is 4.53. The van der Waals surface area contributed by atoms with Gasteiger partial charge in [-0.3, -0.25) is 9.69 Å². The number of hydrogen-bond acceptors (Lipinski definition) is 4. The second kappa shape index (κ2) is 8.93. The van der Waals surface area contributed by atoms with Crippen LogP contribution in [-0.2, 0) is 0 Å². The van der Waals surface area contributed by atoms with Crippen molar-refractivity contribution in [2.24, 2.45) is 0 Å². The van der Waals surface area contributed by atoms with E-state index in [9.17, 15) is 4.79 Å². The van der Waals surface area contributed by atoms with Crippen LogP contribution in [0.3, 0.4) is 0 Å². The van der Waals surface area contributed by atoms with E-state index in [0.29, 0.717) is 12.1 Å². The first-order valence-corrected chi connectivity index (χ1v) is 11.1. The summed E-state index contributed by atoms with van der Waals surface area (Å²) in [6.45, 7) is 5.38. The number of methoxy groups -OCH3 is 1. The number of fused-ring (bicyclic) bond motifs is 2. The zero-order valence-electron chi connectivity index (χ0n) is 18.3. The quantitative estimate of drug-likeness (QED) is 0.489. The van der Waals surface area contributed by atoms with Crippen LogP contribution in [-0.4, -0.2) is 62.2 Å². The number of ether oxygens (including phenoxy) is 1. The maximum absolute atomic E-state index is 12.6. The number of H-pyrrole nitrogens is 1. The summed E-state index contributed by atoms with van der Waals surface area (Å²) in [5.41, 5.74) is 2.95. The van der Waals surface area contributed by atoms with E-state index in [1.54, 1.807) is 13.3 Å². The molecule has 4 aromatic rings. The molecule has 5 rings (SSSR count). The Balaban J connectivity index is 1.16. The Kier molecular flexibility index (Phi) is 5.69. The third-order valence-electron chi connectivity index (χ3n) is 6.33. The fraction of sp³-hybridized carbons (Fsp3) is 0.269. The van der Waals surface area contributed by atoms with Crippen LogP contribution in [0.4, 0.5) is 5.69 Å². The Morgan fingerprint density at radius 2 is 1.84 bits per heavy atom. The molecule has 1 aliphatic heterocycles. The summed E-state index contributed by atoms with van der Waals surface area (Å²) in [6, 6.07) is 20.6. The van der Waals surface area contributed by atoms with E-state index in [-0.39, 0.29) is 5.91 Å². The zero-order chi connectivity index (χ0) is 21.9. The number of amides is 1. The molecule has 3 aromatic carbocycles. The number of hydrogen-bond donors (Lipinski definition) is 2. The van der Waals surface area contributed by atoms with Crippen molar-refractivity contribution < 1.29 is 9.53 Å². The molecule has 6 heteroatoms. The molecule has 0 radical (unpaired) electrons. The standard InChI is InChI=1S/C26H28N4O2/c1-32-20-10-9-19-5-4-8-25(22(19)17-20)30-15-13-29(14-16-30)12-11-27-26(31)23-18-28-24-7-3-2-6-21(23)24/h2-10,17-18,28H,11-16H2,1H3,(H,27,31). The SMILES string of the molecule is COc1ccc2cccc(N3CCN(CCNC(=O)c4c[nH]c5ccccc45)CC3)c2c1. The van der Waals surface area contributed by atoms with E-state index in [4.69, 9.17) is 4.74 Å². The lowest BCUT2D eigenvalue weighted by molar-refractivity contribution is 0.0949. The molecule has 0 atom stereocenters. The molecule has 1 amide bonds. The molecule has 0 bridgehead atoms. The number of nitrogens with one attached hydrogen (secondary N) is 2. The second-order valence-electron chi connectivity index (χ2n) is 8.20. The normalized spacial score (nSPS) is 14.7. The molecule has 32 heavy (non-hydrogen) atoms. The summed E-state index contributed by atoms with van der Waals surface area (Å²) in [6.07, 6.45) is 1.79. The number of aromatic amines is 1. The van der Waals surface area contributed by atoms with Gasteiger partial charge in [0.05, 0.1) is 12.7 Å². The monoisotopic (exact) mass is 428 g/mol. The van der Waals surface area contributed by atoms with Crippen molar-refractivity contribution in [2.45, 2.75) is 0 Å². The Labute approximate surface area is 187 Å². The van der Waals surface area contributed by atoms with Gasteiger partial charge in [-0.25, -0.2) is 0 Å². The molecule has 0 aliphatic carbocycles. The number of aromatic nitrogens is 1. The number of anilines is 1. The first-order valence-electron chi connectivity index (χ1n) is 11.1. The lowest BCUT2D eigenvalue weighted by Gasteiger charge is -2.36. The molecule has 6 nitrogen and oxygen atoms in total. The third-order valence-corrected chi connectivity index (χ3v) is 6.33. The van der Waals surface area contributed by atoms with E-state index in [0.717, 1.165) is 49.4 Å². The van der Waals surface area contributed by atoms with E-state index in [1.807, 2.05) is 30.3 Å². The molecule has 164 valence electrons. The molecular formula is C26H28N4O2. The van der Waals surface area contributed by atoms with Gasteiger partial charge in [0.15, 0.2) is 0 Å². The van der Waals surface area contributed by atoms with Crippen LogP contribution >= 0.6 is 0 Å². The minimum atomic E-state index is -0.0224. The molecule has 0 unspecified atom stereocenters. The smallest absolute Gasteiger partial charge is 0.253 e. The van der Waals surface area contributed by atoms with Gasteiger partial charge in [0, 0.05) is 67.4 Å². The summed E-state index contributed by atoms with van der Waals surface area (Å²) in [7, 11) is 1.71. The number of para-hydroxylation sites is 1. The highest BCUT2D eigenvalue weighted by Crippen LogP contribution is 2.30. The van der Waals surface area contributed by atoms with E-state index in [2.05, 4.69) is 50.4 Å². The van der Waals surface area contributed by atoms with Crippen LogP contribution < -0.4 is 15.0 Å². The minimum Gasteiger partial charge on any atom is -0.497 e. The molecule has 2 N–H and O–H groups in total. The minimum absolute atomic E-state index is 0.0224. The Bertz CT molecular complexity index is 1240. The van der Waals surface area contributed by atoms with Crippen LogP contribution in [0.1, 0.15) is 10.4 Å². The zero-order valence-corrected chi connectivity index (χ0v) is 18.3. The molecule has 1 saturated heterocycles. The molecule has 2 heterocycles. The van der Waals surface area contributed by atoms with Gasteiger partial charge in [0.25, 0.3) is 5.91 Å². The topological polar surface area (TPSA) is 60.6 Å². The summed E-state index contributed by atoms with van der Waals surface area (Å²) in [5.74, 6) is 0.861. The van der Waals surface area contributed by atoms with E-state index in [1.165, 1.54) is 16.5 Å². The van der Waals surface area contributed by atoms with Crippen molar-refractivity contribution in [1.29, 1.82) is 0 Å². The predicted octanol–water partition coefficient (Wildman–Crippen LogP) is 3.88. The van der Waals surface area contributed by atoms with Crippen LogP contribution in [0.2, 0.25) is 0 Å². The van der Waals surface area contributed by atoms with Gasteiger partial charge in [-0.1, -0.05) is 36.4 Å². The van der Waals surface area contributed by atoms with Crippen molar-refractivity contribution in [3.63, 3.8) is 0 Å². The maximum Gasteiger partial charge on any atom is 0.253 e. The van der Waals surface area contributed by atoms with Gasteiger partial charge >= 0.3 is 0 Å². The number of benzene rings is 3. The maximum atomic E-state index is 12.6. The van der Waals surface area contributed by atoms with Crippen molar-refractivity contribution in [3.05, 3.63) is 72.4 Å². The summed E-state index contributed by atoms with van der Waals surface area (Å²) in [5, 5.41) is 6.49. The van der Waals surface area contributed by atoms with Gasteiger partial charge in [0.1, 0.15) is 5.75 Å². The Hall–Kier alpha value is -3.51. The summed E-state index contributed by atoms with van der Waals surface area (Å²) >= 11 is 0. The summed E-state index contributed by atoms with van der Waals surface area (Å²) in [4.78, 5) is 20.6. The average molecular weight is 429 g/mol. The molecule has 1 aromatic heterocycles. The van der Waals surface area contributed by atoms with Gasteiger partial charge in [0.2, 0.25) is 0 Å². The van der Waals surface area contributed by atoms with E-state index < -0.39 is 0 Å². The van der Waals surface area contributed by atoms with Gasteiger partial charge in [-0.05, 0) is 29.7 Å². The number of carbonyl (C=O) groups is 1. The van der Waals surface area contributed by atoms with Gasteiger partial charge in [-0.15, -0.1) is 0 Å². The highest BCUT2D eigenvalue weighted by Gasteiger charge is 2.19. The van der Waals surface area contributed by atoms with Crippen molar-refractivity contribution >= 4 is 33.3 Å². The molecule has 1 fully saturated rings. The molecule has 1 aliphatic rings. The van der Waals surface area contributed by atoms with E-state index >= 15 is 0 Å². The van der Waals surface area contributed by atoms with Gasteiger partial charge < -0.3 is 19.9 Å².